The average molecular weight is 140 g/mol. The number of allylic oxidation sites excluding steroid dienone is 1. The zero-order valence-electron chi connectivity index (χ0n) is 7.23. The van der Waals surface area contributed by atoms with E-state index < -0.39 is 0 Å². The number of hydrogen-bond donors (Lipinski definition) is 1. The summed E-state index contributed by atoms with van der Waals surface area (Å²) >= 11 is 0. The molecule has 0 unspecified atom stereocenters. The van der Waals surface area contributed by atoms with Crippen molar-refractivity contribution in [2.24, 2.45) is 4.99 Å². The second-order valence-electron chi connectivity index (χ2n) is 2.02. The van der Waals surface area contributed by atoms with E-state index in [1.54, 1.807) is 6.34 Å². The van der Waals surface area contributed by atoms with Gasteiger partial charge in [0.1, 0.15) is 0 Å². The summed E-state index contributed by atoms with van der Waals surface area (Å²) in [7, 11) is 0. The maximum absolute atomic E-state index is 4.01. The van der Waals surface area contributed by atoms with E-state index in [1.807, 2.05) is 13.8 Å². The minimum Gasteiger partial charge on any atom is -0.350 e. The molecule has 0 spiro atoms. The summed E-state index contributed by atoms with van der Waals surface area (Å²) in [5.74, 6) is 0. The molecule has 1 N–H and O–H groups in total. The largest absolute Gasteiger partial charge is 0.350 e. The molecular weight excluding hydrogens is 124 g/mol. The molecule has 1 aliphatic heterocycles. The maximum atomic E-state index is 4.01. The van der Waals surface area contributed by atoms with E-state index >= 15 is 0 Å². The predicted octanol–water partition coefficient (Wildman–Crippen LogP) is 1.94. The van der Waals surface area contributed by atoms with Crippen LogP contribution in [-0.4, -0.2) is 12.9 Å². The van der Waals surface area contributed by atoms with Crippen LogP contribution in [0.25, 0.3) is 0 Å². The van der Waals surface area contributed by atoms with Crippen LogP contribution in [-0.2, 0) is 0 Å². The minimum atomic E-state index is 0.860. The van der Waals surface area contributed by atoms with E-state index in [9.17, 15) is 0 Å². The third kappa shape index (κ3) is 2.67. The first-order valence-electron chi connectivity index (χ1n) is 3.72. The molecule has 0 saturated heterocycles. The van der Waals surface area contributed by atoms with Gasteiger partial charge in [0.2, 0.25) is 0 Å². The Kier molecular flexibility index (Phi) is 4.63. The molecule has 0 fully saturated rings. The van der Waals surface area contributed by atoms with Crippen molar-refractivity contribution >= 4 is 6.34 Å². The van der Waals surface area contributed by atoms with Gasteiger partial charge in [0.25, 0.3) is 0 Å². The highest BCUT2D eigenvalue weighted by molar-refractivity contribution is 5.59. The molecule has 1 aliphatic rings. The summed E-state index contributed by atoms with van der Waals surface area (Å²) in [5, 5.41) is 3.02. The predicted molar refractivity (Wildman–Crippen MR) is 46.2 cm³/mol. The van der Waals surface area contributed by atoms with Gasteiger partial charge in [0.05, 0.1) is 12.9 Å². The summed E-state index contributed by atoms with van der Waals surface area (Å²) in [5.41, 5.74) is 2.56. The Morgan fingerprint density at radius 3 is 2.30 bits per heavy atom. The smallest absolute Gasteiger partial charge is 0.0869 e. The highest BCUT2D eigenvalue weighted by atomic mass is 15.0. The number of rotatable bonds is 0. The normalized spacial score (nSPS) is 15.6. The Morgan fingerprint density at radius 2 is 2.00 bits per heavy atom. The second-order valence-corrected chi connectivity index (χ2v) is 2.02. The molecule has 2 nitrogen and oxygen atoms in total. The topological polar surface area (TPSA) is 24.4 Å². The van der Waals surface area contributed by atoms with Gasteiger partial charge in [0.15, 0.2) is 0 Å². The monoisotopic (exact) mass is 140 g/mol. The third-order valence-electron chi connectivity index (χ3n) is 1.34. The fourth-order valence-electron chi connectivity index (χ4n) is 0.567. The molecule has 10 heavy (non-hydrogen) atoms. The highest BCUT2D eigenvalue weighted by Gasteiger charge is 1.96. The van der Waals surface area contributed by atoms with Gasteiger partial charge in [-0.2, -0.15) is 0 Å². The standard InChI is InChI=1S/C6H10N2.C2H6/c1-5-3-7-4-8-6(5)2;1-2/h4H,3H2,1-2H3,(H,7,8);1-2H3. The van der Waals surface area contributed by atoms with Gasteiger partial charge >= 0.3 is 0 Å². The van der Waals surface area contributed by atoms with Gasteiger partial charge < -0.3 is 5.32 Å². The van der Waals surface area contributed by atoms with Crippen LogP contribution in [0, 0.1) is 0 Å². The first-order valence-corrected chi connectivity index (χ1v) is 3.72. The number of hydrogen-bond acceptors (Lipinski definition) is 2. The Bertz CT molecular complexity index is 129. The molecule has 0 aromatic heterocycles. The van der Waals surface area contributed by atoms with E-state index in [0.29, 0.717) is 0 Å². The lowest BCUT2D eigenvalue weighted by atomic mass is 10.2. The van der Waals surface area contributed by atoms with Crippen molar-refractivity contribution in [2.45, 2.75) is 27.7 Å². The van der Waals surface area contributed by atoms with Gasteiger partial charge in [-0.3, -0.25) is 4.99 Å². The highest BCUT2D eigenvalue weighted by Crippen LogP contribution is 2.01. The van der Waals surface area contributed by atoms with Crippen molar-refractivity contribution in [3.05, 3.63) is 11.3 Å². The second kappa shape index (κ2) is 5.03. The molecule has 0 atom stereocenters. The maximum Gasteiger partial charge on any atom is 0.0869 e. The Labute approximate surface area is 63.0 Å². The lowest BCUT2D eigenvalue weighted by molar-refractivity contribution is 0.972. The molecule has 0 radical (unpaired) electrons. The minimum absolute atomic E-state index is 0.860. The van der Waals surface area contributed by atoms with Gasteiger partial charge in [-0.1, -0.05) is 13.8 Å². The van der Waals surface area contributed by atoms with Gasteiger partial charge in [-0.25, -0.2) is 0 Å². The van der Waals surface area contributed by atoms with Crippen molar-refractivity contribution in [3.8, 4) is 0 Å². The van der Waals surface area contributed by atoms with Crippen molar-refractivity contribution in [2.75, 3.05) is 6.54 Å². The molecule has 0 amide bonds. The van der Waals surface area contributed by atoms with Crippen molar-refractivity contribution in [1.82, 2.24) is 5.32 Å². The lowest BCUT2D eigenvalue weighted by Gasteiger charge is -2.08. The Morgan fingerprint density at radius 1 is 1.40 bits per heavy atom. The molecule has 2 heteroatoms. The van der Waals surface area contributed by atoms with Gasteiger partial charge in [-0.05, 0) is 19.4 Å². The number of aliphatic imine (C=N–C) groups is 1. The van der Waals surface area contributed by atoms with Crippen LogP contribution in [0.15, 0.2) is 16.3 Å². The number of nitrogens with zero attached hydrogens (tertiary/aromatic N) is 1. The first-order chi connectivity index (χ1) is 4.80. The van der Waals surface area contributed by atoms with E-state index in [-0.39, 0.29) is 0 Å². The van der Waals surface area contributed by atoms with Crippen LogP contribution in [0.3, 0.4) is 0 Å². The summed E-state index contributed by atoms with van der Waals surface area (Å²) in [6.07, 6.45) is 1.74. The van der Waals surface area contributed by atoms with E-state index in [0.717, 1.165) is 6.54 Å². The van der Waals surface area contributed by atoms with E-state index in [4.69, 9.17) is 0 Å². The zero-order valence-corrected chi connectivity index (χ0v) is 7.23. The molecular formula is C8H16N2. The van der Waals surface area contributed by atoms with Crippen molar-refractivity contribution < 1.29 is 0 Å². The van der Waals surface area contributed by atoms with Crippen molar-refractivity contribution in [3.63, 3.8) is 0 Å². The summed E-state index contributed by atoms with van der Waals surface area (Å²) in [4.78, 5) is 4.01. The van der Waals surface area contributed by atoms with Crippen LogP contribution in [0.5, 0.6) is 0 Å². The van der Waals surface area contributed by atoms with Crippen LogP contribution < -0.4 is 5.32 Å². The molecule has 0 bridgehead atoms. The summed E-state index contributed by atoms with van der Waals surface area (Å²) in [6.45, 7) is 9.00. The quantitative estimate of drug-likeness (QED) is 0.546. The molecule has 1 heterocycles. The van der Waals surface area contributed by atoms with E-state index in [1.165, 1.54) is 11.3 Å². The number of nitrogens with one attached hydrogen (secondary N) is 1. The molecule has 58 valence electrons. The molecule has 0 aromatic carbocycles. The van der Waals surface area contributed by atoms with Gasteiger partial charge in [0, 0.05) is 5.70 Å². The van der Waals surface area contributed by atoms with Crippen LogP contribution in [0.1, 0.15) is 27.7 Å². The van der Waals surface area contributed by atoms with Crippen molar-refractivity contribution in [1.29, 1.82) is 0 Å². The lowest BCUT2D eigenvalue weighted by Crippen LogP contribution is -2.15. The third-order valence-corrected chi connectivity index (χ3v) is 1.34. The summed E-state index contributed by atoms with van der Waals surface area (Å²) in [6, 6.07) is 0. The van der Waals surface area contributed by atoms with Crippen LogP contribution >= 0.6 is 0 Å². The SMILES string of the molecule is CC.CC1=C(C)NC=NC1. The fourth-order valence-corrected chi connectivity index (χ4v) is 0.567. The average Bonchev–Trinajstić information content (AvgIpc) is 2.00. The van der Waals surface area contributed by atoms with Crippen LogP contribution in [0.2, 0.25) is 0 Å². The Hall–Kier alpha value is -0.790. The Balaban J connectivity index is 0.000000371. The van der Waals surface area contributed by atoms with E-state index in [2.05, 4.69) is 24.2 Å². The zero-order chi connectivity index (χ0) is 7.98. The van der Waals surface area contributed by atoms with Gasteiger partial charge in [-0.15, -0.1) is 0 Å². The summed E-state index contributed by atoms with van der Waals surface area (Å²) < 4.78 is 0. The molecule has 0 aromatic rings. The molecule has 0 saturated carbocycles. The fraction of sp³-hybridized carbons (Fsp3) is 0.625. The first kappa shape index (κ1) is 9.21. The molecule has 0 aliphatic carbocycles. The van der Waals surface area contributed by atoms with Crippen LogP contribution in [0.4, 0.5) is 0 Å². The molecule has 1 rings (SSSR count).